The zero-order chi connectivity index (χ0) is 21.3. The number of hydrogen-bond donors (Lipinski definition) is 1. The molecule has 2 heterocycles. The molecular weight excluding hydrogens is 443 g/mol. The molecule has 0 bridgehead atoms. The van der Waals surface area contributed by atoms with Crippen molar-refractivity contribution in [1.29, 1.82) is 0 Å². The van der Waals surface area contributed by atoms with E-state index in [9.17, 15) is 8.42 Å². The average Bonchev–Trinajstić information content (AvgIpc) is 2.75. The van der Waals surface area contributed by atoms with Crippen molar-refractivity contribution in [1.82, 2.24) is 10.2 Å². The number of methoxy groups -OCH3 is 1. The Bertz CT molecular complexity index is 1020. The van der Waals surface area contributed by atoms with Gasteiger partial charge in [-0.1, -0.05) is 29.3 Å². The first kappa shape index (κ1) is 21.9. The topological polar surface area (TPSA) is 58.6 Å². The van der Waals surface area contributed by atoms with E-state index in [0.717, 1.165) is 43.7 Å². The Balaban J connectivity index is 1.72. The van der Waals surface area contributed by atoms with Crippen molar-refractivity contribution >= 4 is 33.0 Å². The molecule has 0 aromatic heterocycles. The Labute approximate surface area is 188 Å². The standard InChI is InChI=1S/C22H26Cl2N2O3S/c1-29-19-4-2-17-14-26(11-8-16(17)12-19)22(15-6-9-25-10-7-15)30(27,28)21-13-18(23)3-5-20(21)24/h2-5,12-13,15,22,25H,6-11,14H2,1H3. The van der Waals surface area contributed by atoms with Gasteiger partial charge in [-0.3, -0.25) is 4.90 Å². The lowest BCUT2D eigenvalue weighted by Crippen LogP contribution is -2.50. The third kappa shape index (κ3) is 4.34. The van der Waals surface area contributed by atoms with Crippen LogP contribution in [0.3, 0.4) is 0 Å². The van der Waals surface area contributed by atoms with Crippen molar-refractivity contribution in [2.75, 3.05) is 26.7 Å². The van der Waals surface area contributed by atoms with Crippen LogP contribution in [-0.4, -0.2) is 45.4 Å². The molecule has 4 rings (SSSR count). The molecule has 30 heavy (non-hydrogen) atoms. The number of benzene rings is 2. The van der Waals surface area contributed by atoms with E-state index in [1.165, 1.54) is 11.6 Å². The second-order valence-electron chi connectivity index (χ2n) is 7.95. The Morgan fingerprint density at radius 1 is 1.10 bits per heavy atom. The molecule has 2 aliphatic heterocycles. The molecule has 2 aliphatic rings. The first-order valence-electron chi connectivity index (χ1n) is 10.2. The SMILES string of the molecule is COc1ccc2c(c1)CCN(C(C1CCNCC1)S(=O)(=O)c1cc(Cl)ccc1Cl)C2. The van der Waals surface area contributed by atoms with E-state index in [-0.39, 0.29) is 15.8 Å². The van der Waals surface area contributed by atoms with E-state index >= 15 is 0 Å². The first-order valence-corrected chi connectivity index (χ1v) is 12.5. The third-order valence-electron chi connectivity index (χ3n) is 6.12. The summed E-state index contributed by atoms with van der Waals surface area (Å²) in [6.07, 6.45) is 2.41. The lowest BCUT2D eigenvalue weighted by molar-refractivity contribution is 0.159. The van der Waals surface area contributed by atoms with Gasteiger partial charge >= 0.3 is 0 Å². The van der Waals surface area contributed by atoms with Gasteiger partial charge in [0.15, 0.2) is 9.84 Å². The molecule has 1 fully saturated rings. The number of halogens is 2. The maximum absolute atomic E-state index is 13.9. The second kappa shape index (κ2) is 9.05. The van der Waals surface area contributed by atoms with Gasteiger partial charge in [0.1, 0.15) is 11.1 Å². The summed E-state index contributed by atoms with van der Waals surface area (Å²) in [6, 6.07) is 10.7. The Morgan fingerprint density at radius 2 is 1.87 bits per heavy atom. The van der Waals surface area contributed by atoms with Crippen LogP contribution in [0.25, 0.3) is 0 Å². The predicted molar refractivity (Wildman–Crippen MR) is 120 cm³/mol. The molecule has 162 valence electrons. The summed E-state index contributed by atoms with van der Waals surface area (Å²) >= 11 is 12.5. The summed E-state index contributed by atoms with van der Waals surface area (Å²) in [4.78, 5) is 2.23. The number of hydrogen-bond acceptors (Lipinski definition) is 5. The number of fused-ring (bicyclic) bond motifs is 1. The minimum atomic E-state index is -3.71. The van der Waals surface area contributed by atoms with E-state index in [2.05, 4.69) is 16.3 Å². The van der Waals surface area contributed by atoms with Gasteiger partial charge in [-0.2, -0.15) is 0 Å². The molecule has 0 saturated carbocycles. The van der Waals surface area contributed by atoms with Crippen LogP contribution >= 0.6 is 23.2 Å². The molecule has 0 amide bonds. The Kier molecular flexibility index (Phi) is 6.61. The van der Waals surface area contributed by atoms with E-state index in [1.807, 2.05) is 12.1 Å². The van der Waals surface area contributed by atoms with Crippen molar-refractivity contribution in [2.45, 2.75) is 36.1 Å². The minimum absolute atomic E-state index is 0.0334. The van der Waals surface area contributed by atoms with Crippen LogP contribution in [0, 0.1) is 5.92 Å². The molecule has 1 atom stereocenters. The molecule has 1 N–H and O–H groups in total. The Hall–Kier alpha value is -1.31. The third-order valence-corrected chi connectivity index (χ3v) is 9.07. The Morgan fingerprint density at radius 3 is 2.60 bits per heavy atom. The molecule has 0 aliphatic carbocycles. The van der Waals surface area contributed by atoms with Gasteiger partial charge in [-0.25, -0.2) is 8.42 Å². The monoisotopic (exact) mass is 468 g/mol. The number of ether oxygens (including phenoxy) is 1. The highest BCUT2D eigenvalue weighted by atomic mass is 35.5. The van der Waals surface area contributed by atoms with Crippen LogP contribution in [0.15, 0.2) is 41.3 Å². The predicted octanol–water partition coefficient (Wildman–Crippen LogP) is 4.16. The van der Waals surface area contributed by atoms with Crippen molar-refractivity contribution in [3.8, 4) is 5.75 Å². The van der Waals surface area contributed by atoms with E-state index in [1.54, 1.807) is 19.2 Å². The highest BCUT2D eigenvalue weighted by molar-refractivity contribution is 7.92. The molecule has 2 aromatic rings. The van der Waals surface area contributed by atoms with Crippen LogP contribution < -0.4 is 10.1 Å². The van der Waals surface area contributed by atoms with Crippen molar-refractivity contribution in [3.63, 3.8) is 0 Å². The van der Waals surface area contributed by atoms with Crippen LogP contribution in [0.1, 0.15) is 24.0 Å². The summed E-state index contributed by atoms with van der Waals surface area (Å²) in [5.74, 6) is 0.863. The maximum Gasteiger partial charge on any atom is 0.196 e. The molecule has 8 heteroatoms. The number of nitrogens with zero attached hydrogens (tertiary/aromatic N) is 1. The van der Waals surface area contributed by atoms with Gasteiger partial charge in [-0.05, 0) is 79.7 Å². The van der Waals surface area contributed by atoms with Gasteiger partial charge in [0.2, 0.25) is 0 Å². The van der Waals surface area contributed by atoms with Crippen LogP contribution in [0.4, 0.5) is 0 Å². The molecule has 1 unspecified atom stereocenters. The first-order chi connectivity index (χ1) is 14.4. The van der Waals surface area contributed by atoms with Crippen LogP contribution in [-0.2, 0) is 22.8 Å². The highest BCUT2D eigenvalue weighted by Gasteiger charge is 2.41. The fraction of sp³-hybridized carbons (Fsp3) is 0.455. The zero-order valence-corrected chi connectivity index (χ0v) is 19.2. The maximum atomic E-state index is 13.9. The number of piperidine rings is 1. The van der Waals surface area contributed by atoms with Crippen molar-refractivity contribution < 1.29 is 13.2 Å². The quantitative estimate of drug-likeness (QED) is 0.713. The fourth-order valence-electron chi connectivity index (χ4n) is 4.60. The minimum Gasteiger partial charge on any atom is -0.497 e. The summed E-state index contributed by atoms with van der Waals surface area (Å²) in [6.45, 7) is 2.90. The molecule has 5 nitrogen and oxygen atoms in total. The van der Waals surface area contributed by atoms with E-state index < -0.39 is 15.2 Å². The van der Waals surface area contributed by atoms with Gasteiger partial charge in [-0.15, -0.1) is 0 Å². The molecule has 0 spiro atoms. The van der Waals surface area contributed by atoms with Crippen LogP contribution in [0.5, 0.6) is 5.75 Å². The lowest BCUT2D eigenvalue weighted by atomic mass is 9.94. The van der Waals surface area contributed by atoms with E-state index in [4.69, 9.17) is 27.9 Å². The van der Waals surface area contributed by atoms with Gasteiger partial charge in [0.05, 0.1) is 17.0 Å². The fourth-order valence-corrected chi connectivity index (χ4v) is 7.52. The summed E-state index contributed by atoms with van der Waals surface area (Å²) in [7, 11) is -2.05. The lowest BCUT2D eigenvalue weighted by Gasteiger charge is -2.40. The second-order valence-corrected chi connectivity index (χ2v) is 10.8. The number of rotatable bonds is 5. The van der Waals surface area contributed by atoms with Gasteiger partial charge < -0.3 is 10.1 Å². The summed E-state index contributed by atoms with van der Waals surface area (Å²) in [5, 5.41) is 3.30. The van der Waals surface area contributed by atoms with E-state index in [0.29, 0.717) is 18.1 Å². The summed E-state index contributed by atoms with van der Waals surface area (Å²) < 4.78 is 33.1. The smallest absolute Gasteiger partial charge is 0.196 e. The summed E-state index contributed by atoms with van der Waals surface area (Å²) in [5.41, 5.74) is 2.36. The van der Waals surface area contributed by atoms with Crippen molar-refractivity contribution in [3.05, 3.63) is 57.6 Å². The highest BCUT2D eigenvalue weighted by Crippen LogP contribution is 2.37. The zero-order valence-electron chi connectivity index (χ0n) is 16.9. The molecule has 2 aromatic carbocycles. The van der Waals surface area contributed by atoms with Crippen molar-refractivity contribution in [2.24, 2.45) is 5.92 Å². The van der Waals surface area contributed by atoms with Gasteiger partial charge in [0.25, 0.3) is 0 Å². The molecule has 1 saturated heterocycles. The molecular formula is C22H26Cl2N2O3S. The normalized spacial score (nSPS) is 19.3. The van der Waals surface area contributed by atoms with Gasteiger partial charge in [0, 0.05) is 18.1 Å². The number of sulfone groups is 1. The van der Waals surface area contributed by atoms with Crippen LogP contribution in [0.2, 0.25) is 10.0 Å². The largest absolute Gasteiger partial charge is 0.497 e. The average molecular weight is 469 g/mol. The number of nitrogens with one attached hydrogen (secondary N) is 1. The molecule has 0 radical (unpaired) electrons.